The molecule has 0 amide bonds. The number of nitrogens with zero attached hydrogens (tertiary/aromatic N) is 1. The Morgan fingerprint density at radius 2 is 2.17 bits per heavy atom. The van der Waals surface area contributed by atoms with E-state index < -0.39 is 0 Å². The lowest BCUT2D eigenvalue weighted by molar-refractivity contribution is -0.0324. The summed E-state index contributed by atoms with van der Waals surface area (Å²) in [4.78, 5) is 2.56. The first-order chi connectivity index (χ1) is 11.2. The first kappa shape index (κ1) is 17.6. The first-order valence-corrected chi connectivity index (χ1v) is 9.61. The molecule has 5 nitrogen and oxygen atoms in total. The van der Waals surface area contributed by atoms with Gasteiger partial charge >= 0.3 is 0 Å². The lowest BCUT2D eigenvalue weighted by Gasteiger charge is -2.36. The molecule has 2 saturated heterocycles. The van der Waals surface area contributed by atoms with Crippen LogP contribution in [0.1, 0.15) is 33.1 Å². The van der Waals surface area contributed by atoms with E-state index in [0.717, 1.165) is 51.9 Å². The molecule has 4 atom stereocenters. The van der Waals surface area contributed by atoms with Crippen molar-refractivity contribution in [1.29, 1.82) is 0 Å². The fraction of sp³-hybridized carbons (Fsp3) is 1.00. The summed E-state index contributed by atoms with van der Waals surface area (Å²) < 4.78 is 11.7. The Labute approximate surface area is 141 Å². The zero-order valence-electron chi connectivity index (χ0n) is 14.9. The van der Waals surface area contributed by atoms with Gasteiger partial charge in [-0.05, 0) is 24.7 Å². The molecule has 1 saturated carbocycles. The Balaban J connectivity index is 1.43. The van der Waals surface area contributed by atoms with Crippen LogP contribution >= 0.6 is 0 Å². The molecule has 3 rings (SSSR count). The molecule has 2 N–H and O–H groups in total. The normalized spacial score (nSPS) is 36.7. The van der Waals surface area contributed by atoms with Gasteiger partial charge in [0.25, 0.3) is 0 Å². The van der Waals surface area contributed by atoms with Gasteiger partial charge in [-0.3, -0.25) is 4.90 Å². The summed E-state index contributed by atoms with van der Waals surface area (Å²) in [6, 6.07) is 1.16. The Morgan fingerprint density at radius 3 is 2.96 bits per heavy atom. The predicted molar refractivity (Wildman–Crippen MR) is 92.8 cm³/mol. The molecule has 3 fully saturated rings. The molecule has 1 aliphatic carbocycles. The first-order valence-electron chi connectivity index (χ1n) is 9.61. The second-order valence-electron chi connectivity index (χ2n) is 7.89. The second kappa shape index (κ2) is 8.77. The smallest absolute Gasteiger partial charge is 0.0826 e. The average molecular weight is 325 g/mol. The highest BCUT2D eigenvalue weighted by Gasteiger charge is 2.35. The average Bonchev–Trinajstić information content (AvgIpc) is 3.02. The molecule has 0 spiro atoms. The van der Waals surface area contributed by atoms with Crippen molar-refractivity contribution in [2.75, 3.05) is 52.5 Å². The van der Waals surface area contributed by atoms with E-state index >= 15 is 0 Å². The molecule has 0 aromatic carbocycles. The van der Waals surface area contributed by atoms with E-state index in [1.54, 1.807) is 0 Å². The summed E-state index contributed by atoms with van der Waals surface area (Å²) >= 11 is 0. The topological polar surface area (TPSA) is 45.8 Å². The van der Waals surface area contributed by atoms with Gasteiger partial charge in [0.2, 0.25) is 0 Å². The summed E-state index contributed by atoms with van der Waals surface area (Å²) in [5.74, 6) is 1.45. The summed E-state index contributed by atoms with van der Waals surface area (Å²) in [7, 11) is 0. The third kappa shape index (κ3) is 5.13. The van der Waals surface area contributed by atoms with Crippen LogP contribution in [-0.2, 0) is 9.47 Å². The van der Waals surface area contributed by atoms with Crippen LogP contribution in [0.25, 0.3) is 0 Å². The molecule has 0 radical (unpaired) electrons. The van der Waals surface area contributed by atoms with Crippen molar-refractivity contribution in [3.8, 4) is 0 Å². The highest BCUT2D eigenvalue weighted by atomic mass is 16.5. The summed E-state index contributed by atoms with van der Waals surface area (Å²) in [6.07, 6.45) is 4.31. The zero-order chi connectivity index (χ0) is 16.1. The van der Waals surface area contributed by atoms with E-state index in [0.29, 0.717) is 24.1 Å². The zero-order valence-corrected chi connectivity index (χ0v) is 14.9. The van der Waals surface area contributed by atoms with Crippen LogP contribution < -0.4 is 10.6 Å². The van der Waals surface area contributed by atoms with Gasteiger partial charge < -0.3 is 20.1 Å². The lowest BCUT2D eigenvalue weighted by atomic mass is 9.94. The Bertz CT molecular complexity index is 347. The minimum absolute atomic E-state index is 0.347. The van der Waals surface area contributed by atoms with Crippen LogP contribution in [0.5, 0.6) is 0 Å². The van der Waals surface area contributed by atoms with Crippen molar-refractivity contribution >= 4 is 0 Å². The summed E-state index contributed by atoms with van der Waals surface area (Å²) in [6.45, 7) is 12.6. The number of morpholine rings is 2. The number of ether oxygens (including phenoxy) is 2. The molecule has 4 unspecified atom stereocenters. The van der Waals surface area contributed by atoms with Crippen molar-refractivity contribution < 1.29 is 9.47 Å². The SMILES string of the molecule is CC(C)CN1CCOC(CNC2CCCC2C2COCCN2)C1. The van der Waals surface area contributed by atoms with Crippen molar-refractivity contribution in [2.45, 2.75) is 51.3 Å². The molecule has 3 aliphatic rings. The lowest BCUT2D eigenvalue weighted by Crippen LogP contribution is -2.53. The molecular weight excluding hydrogens is 290 g/mol. The van der Waals surface area contributed by atoms with Crippen LogP contribution in [-0.4, -0.2) is 75.6 Å². The van der Waals surface area contributed by atoms with Crippen molar-refractivity contribution in [2.24, 2.45) is 11.8 Å². The quantitative estimate of drug-likeness (QED) is 0.765. The minimum atomic E-state index is 0.347. The maximum atomic E-state index is 5.99. The molecule has 0 aromatic heterocycles. The van der Waals surface area contributed by atoms with E-state index in [9.17, 15) is 0 Å². The molecule has 0 aromatic rings. The number of rotatable bonds is 6. The van der Waals surface area contributed by atoms with Gasteiger partial charge in [-0.25, -0.2) is 0 Å². The van der Waals surface area contributed by atoms with Crippen molar-refractivity contribution in [3.63, 3.8) is 0 Å². The van der Waals surface area contributed by atoms with Crippen LogP contribution in [0.15, 0.2) is 0 Å². The van der Waals surface area contributed by atoms with Crippen LogP contribution in [0.3, 0.4) is 0 Å². The maximum Gasteiger partial charge on any atom is 0.0826 e. The summed E-state index contributed by atoms with van der Waals surface area (Å²) in [5.41, 5.74) is 0. The van der Waals surface area contributed by atoms with E-state index in [1.165, 1.54) is 25.8 Å². The van der Waals surface area contributed by atoms with Gasteiger partial charge in [0.15, 0.2) is 0 Å². The van der Waals surface area contributed by atoms with E-state index in [4.69, 9.17) is 9.47 Å². The van der Waals surface area contributed by atoms with Crippen molar-refractivity contribution in [3.05, 3.63) is 0 Å². The Kier molecular flexibility index (Phi) is 6.72. The van der Waals surface area contributed by atoms with Gasteiger partial charge in [-0.15, -0.1) is 0 Å². The van der Waals surface area contributed by atoms with Gasteiger partial charge in [-0.2, -0.15) is 0 Å². The molecular formula is C18H35N3O2. The Morgan fingerprint density at radius 1 is 1.26 bits per heavy atom. The molecule has 0 bridgehead atoms. The molecule has 2 aliphatic heterocycles. The molecule has 2 heterocycles. The van der Waals surface area contributed by atoms with Gasteiger partial charge in [0.05, 0.1) is 25.9 Å². The fourth-order valence-corrected chi connectivity index (χ4v) is 4.45. The molecule has 134 valence electrons. The van der Waals surface area contributed by atoms with E-state index in [-0.39, 0.29) is 0 Å². The Hall–Kier alpha value is -0.200. The van der Waals surface area contributed by atoms with Gasteiger partial charge in [0.1, 0.15) is 0 Å². The maximum absolute atomic E-state index is 5.99. The monoisotopic (exact) mass is 325 g/mol. The van der Waals surface area contributed by atoms with Crippen molar-refractivity contribution in [1.82, 2.24) is 15.5 Å². The third-order valence-electron chi connectivity index (χ3n) is 5.49. The second-order valence-corrected chi connectivity index (χ2v) is 7.89. The fourth-order valence-electron chi connectivity index (χ4n) is 4.45. The van der Waals surface area contributed by atoms with Gasteiger partial charge in [-0.1, -0.05) is 20.3 Å². The van der Waals surface area contributed by atoms with Crippen LogP contribution in [0.2, 0.25) is 0 Å². The molecule has 23 heavy (non-hydrogen) atoms. The largest absolute Gasteiger partial charge is 0.379 e. The summed E-state index contributed by atoms with van der Waals surface area (Å²) in [5, 5.41) is 7.48. The number of hydrogen-bond donors (Lipinski definition) is 2. The highest BCUT2D eigenvalue weighted by Crippen LogP contribution is 2.29. The number of nitrogens with one attached hydrogen (secondary N) is 2. The minimum Gasteiger partial charge on any atom is -0.379 e. The highest BCUT2D eigenvalue weighted by molar-refractivity contribution is 4.92. The van der Waals surface area contributed by atoms with E-state index in [2.05, 4.69) is 29.4 Å². The third-order valence-corrected chi connectivity index (χ3v) is 5.49. The standard InChI is InChI=1S/C18H35N3O2/c1-14(2)11-21-7-9-23-15(12-21)10-20-17-5-3-4-16(17)18-13-22-8-6-19-18/h14-20H,3-13H2,1-2H3. The number of hydrogen-bond acceptors (Lipinski definition) is 5. The van der Waals surface area contributed by atoms with Crippen LogP contribution in [0.4, 0.5) is 0 Å². The van der Waals surface area contributed by atoms with Crippen LogP contribution in [0, 0.1) is 11.8 Å². The predicted octanol–water partition coefficient (Wildman–Crippen LogP) is 1.09. The van der Waals surface area contributed by atoms with Gasteiger partial charge in [0, 0.05) is 44.8 Å². The molecule has 5 heteroatoms. The van der Waals surface area contributed by atoms with E-state index in [1.807, 2.05) is 0 Å².